The first-order chi connectivity index (χ1) is 13.5. The summed E-state index contributed by atoms with van der Waals surface area (Å²) in [6.45, 7) is 1.14. The number of ether oxygens (including phenoxy) is 2. The summed E-state index contributed by atoms with van der Waals surface area (Å²) in [6, 6.07) is 11.8. The molecule has 0 aliphatic carbocycles. The van der Waals surface area contributed by atoms with Crippen LogP contribution in [0.3, 0.4) is 0 Å². The maximum absolute atomic E-state index is 12.5. The van der Waals surface area contributed by atoms with E-state index >= 15 is 0 Å². The summed E-state index contributed by atoms with van der Waals surface area (Å²) < 4.78 is 10.8. The first-order valence-corrected chi connectivity index (χ1v) is 9.12. The number of rotatable bonds is 7. The number of hydrogen-bond donors (Lipinski definition) is 2. The average Bonchev–Trinajstić information content (AvgIpc) is 3.15. The number of nitro groups is 1. The third kappa shape index (κ3) is 4.40. The van der Waals surface area contributed by atoms with E-state index in [1.54, 1.807) is 26.4 Å². The molecule has 0 aromatic heterocycles. The molecule has 0 spiro atoms. The Labute approximate surface area is 163 Å². The molecule has 2 N–H and O–H groups in total. The fourth-order valence-corrected chi connectivity index (χ4v) is 3.72. The molecule has 2 aromatic rings. The van der Waals surface area contributed by atoms with E-state index in [0.29, 0.717) is 5.69 Å². The topological polar surface area (TPSA) is 95.1 Å². The fourth-order valence-electron chi connectivity index (χ4n) is 3.72. The summed E-state index contributed by atoms with van der Waals surface area (Å²) >= 11 is 0. The maximum atomic E-state index is 12.5. The summed E-state index contributed by atoms with van der Waals surface area (Å²) in [6.07, 6.45) is 1.95. The van der Waals surface area contributed by atoms with Gasteiger partial charge in [0.05, 0.1) is 31.3 Å². The van der Waals surface area contributed by atoms with Crippen LogP contribution in [0.4, 0.5) is 11.4 Å². The second-order valence-corrected chi connectivity index (χ2v) is 6.74. The van der Waals surface area contributed by atoms with Crippen molar-refractivity contribution in [2.24, 2.45) is 0 Å². The van der Waals surface area contributed by atoms with Crippen molar-refractivity contribution < 1.29 is 24.1 Å². The van der Waals surface area contributed by atoms with Crippen molar-refractivity contribution in [1.29, 1.82) is 0 Å². The van der Waals surface area contributed by atoms with Crippen molar-refractivity contribution in [2.45, 2.75) is 18.9 Å². The highest BCUT2D eigenvalue weighted by molar-refractivity contribution is 5.91. The zero-order valence-corrected chi connectivity index (χ0v) is 15.9. The molecule has 0 saturated carbocycles. The third-order valence-corrected chi connectivity index (χ3v) is 5.02. The van der Waals surface area contributed by atoms with E-state index in [1.807, 2.05) is 18.2 Å². The number of carbonyl (C=O) groups is 1. The molecule has 148 valence electrons. The Bertz CT molecular complexity index is 871. The van der Waals surface area contributed by atoms with Crippen LogP contribution in [-0.2, 0) is 4.79 Å². The normalized spacial score (nSPS) is 18.5. The SMILES string of the molecule is COc1ccc(OC)c([C@@H]2CCC[NH+]2CC(=O)Nc2cccc([N+](=O)[O-])c2)c1. The van der Waals surface area contributed by atoms with Gasteiger partial charge in [-0.25, -0.2) is 0 Å². The van der Waals surface area contributed by atoms with Gasteiger partial charge >= 0.3 is 0 Å². The number of quaternary nitrogens is 1. The molecule has 1 aliphatic rings. The van der Waals surface area contributed by atoms with Gasteiger partial charge in [-0.3, -0.25) is 14.9 Å². The average molecular weight is 386 g/mol. The first kappa shape index (κ1) is 19.6. The summed E-state index contributed by atoms with van der Waals surface area (Å²) in [5, 5.41) is 13.7. The highest BCUT2D eigenvalue weighted by Crippen LogP contribution is 2.31. The van der Waals surface area contributed by atoms with Gasteiger partial charge in [0.2, 0.25) is 0 Å². The highest BCUT2D eigenvalue weighted by atomic mass is 16.6. The molecule has 1 heterocycles. The lowest BCUT2D eigenvalue weighted by Gasteiger charge is -2.23. The van der Waals surface area contributed by atoms with Gasteiger partial charge < -0.3 is 19.7 Å². The fraction of sp³-hybridized carbons (Fsp3) is 0.350. The number of nitrogens with zero attached hydrogens (tertiary/aromatic N) is 1. The largest absolute Gasteiger partial charge is 0.497 e. The summed E-state index contributed by atoms with van der Waals surface area (Å²) in [4.78, 5) is 24.1. The lowest BCUT2D eigenvalue weighted by atomic mass is 10.0. The van der Waals surface area contributed by atoms with Gasteiger partial charge in [0.1, 0.15) is 17.5 Å². The summed E-state index contributed by atoms with van der Waals surface area (Å²) in [5.41, 5.74) is 1.40. The number of hydrogen-bond acceptors (Lipinski definition) is 5. The molecule has 8 heteroatoms. The van der Waals surface area contributed by atoms with Gasteiger partial charge in [0.15, 0.2) is 6.54 Å². The third-order valence-electron chi connectivity index (χ3n) is 5.02. The lowest BCUT2D eigenvalue weighted by Crippen LogP contribution is -3.11. The number of amides is 1. The number of nitrogens with one attached hydrogen (secondary N) is 2. The van der Waals surface area contributed by atoms with Crippen molar-refractivity contribution in [3.05, 3.63) is 58.1 Å². The predicted molar refractivity (Wildman–Crippen MR) is 104 cm³/mol. The number of nitro benzene ring substituents is 1. The highest BCUT2D eigenvalue weighted by Gasteiger charge is 2.34. The van der Waals surface area contributed by atoms with E-state index in [4.69, 9.17) is 9.47 Å². The number of methoxy groups -OCH3 is 2. The number of anilines is 1. The Morgan fingerprint density at radius 2 is 2.07 bits per heavy atom. The Morgan fingerprint density at radius 3 is 2.79 bits per heavy atom. The number of non-ortho nitro benzene ring substituents is 1. The van der Waals surface area contributed by atoms with E-state index in [0.717, 1.165) is 41.3 Å². The lowest BCUT2D eigenvalue weighted by molar-refractivity contribution is -0.910. The molecule has 2 atom stereocenters. The van der Waals surface area contributed by atoms with Gasteiger partial charge in [-0.2, -0.15) is 0 Å². The summed E-state index contributed by atoms with van der Waals surface area (Å²) in [5.74, 6) is 1.36. The monoisotopic (exact) mass is 386 g/mol. The molecule has 3 rings (SSSR count). The van der Waals surface area contributed by atoms with E-state index in [9.17, 15) is 14.9 Å². The standard InChI is InChI=1S/C20H23N3O5/c1-27-16-8-9-19(28-2)17(12-16)18-7-4-10-22(18)13-20(24)21-14-5-3-6-15(11-14)23(25)26/h3,5-6,8-9,11-12,18H,4,7,10,13H2,1-2H3,(H,21,24)/p+1/t18-/m0/s1. The number of benzene rings is 2. The molecule has 0 radical (unpaired) electrons. The maximum Gasteiger partial charge on any atom is 0.279 e. The van der Waals surface area contributed by atoms with Gasteiger partial charge in [0, 0.05) is 30.7 Å². The van der Waals surface area contributed by atoms with Crippen LogP contribution in [-0.4, -0.2) is 38.1 Å². The minimum Gasteiger partial charge on any atom is -0.497 e. The van der Waals surface area contributed by atoms with Gasteiger partial charge in [-0.1, -0.05) is 6.07 Å². The van der Waals surface area contributed by atoms with Crippen LogP contribution in [0, 0.1) is 10.1 Å². The second kappa shape index (κ2) is 8.71. The van der Waals surface area contributed by atoms with Crippen LogP contribution < -0.4 is 19.7 Å². The van der Waals surface area contributed by atoms with Gasteiger partial charge in [-0.05, 0) is 24.3 Å². The molecule has 1 unspecified atom stereocenters. The molecule has 28 heavy (non-hydrogen) atoms. The van der Waals surface area contributed by atoms with E-state index < -0.39 is 4.92 Å². The van der Waals surface area contributed by atoms with Crippen molar-refractivity contribution in [2.75, 3.05) is 32.6 Å². The van der Waals surface area contributed by atoms with Crippen LogP contribution in [0.2, 0.25) is 0 Å². The predicted octanol–water partition coefficient (Wildman–Crippen LogP) is 1.97. The molecular weight excluding hydrogens is 362 g/mol. The number of likely N-dealkylation sites (tertiary alicyclic amines) is 1. The first-order valence-electron chi connectivity index (χ1n) is 9.12. The van der Waals surface area contributed by atoms with Crippen molar-refractivity contribution in [3.63, 3.8) is 0 Å². The Kier molecular flexibility index (Phi) is 6.10. The van der Waals surface area contributed by atoms with Crippen LogP contribution >= 0.6 is 0 Å². The zero-order chi connectivity index (χ0) is 20.1. The molecule has 1 fully saturated rings. The smallest absolute Gasteiger partial charge is 0.279 e. The van der Waals surface area contributed by atoms with Crippen LogP contribution in [0.1, 0.15) is 24.4 Å². The van der Waals surface area contributed by atoms with Crippen LogP contribution in [0.5, 0.6) is 11.5 Å². The minimum atomic E-state index is -0.480. The summed E-state index contributed by atoms with van der Waals surface area (Å²) in [7, 11) is 3.26. The Hall–Kier alpha value is -3.13. The Morgan fingerprint density at radius 1 is 1.25 bits per heavy atom. The van der Waals surface area contributed by atoms with E-state index in [2.05, 4.69) is 5.32 Å². The van der Waals surface area contributed by atoms with Crippen LogP contribution in [0.15, 0.2) is 42.5 Å². The molecular formula is C20H24N3O5+. The molecule has 8 nitrogen and oxygen atoms in total. The van der Waals surface area contributed by atoms with Crippen molar-refractivity contribution in [3.8, 4) is 11.5 Å². The van der Waals surface area contributed by atoms with Crippen molar-refractivity contribution in [1.82, 2.24) is 0 Å². The molecule has 1 amide bonds. The second-order valence-electron chi connectivity index (χ2n) is 6.74. The van der Waals surface area contributed by atoms with Crippen LogP contribution in [0.25, 0.3) is 0 Å². The van der Waals surface area contributed by atoms with Gasteiger partial charge in [-0.15, -0.1) is 0 Å². The van der Waals surface area contributed by atoms with Crippen molar-refractivity contribution >= 4 is 17.3 Å². The minimum absolute atomic E-state index is 0.0506. The quantitative estimate of drug-likeness (QED) is 0.560. The molecule has 2 aromatic carbocycles. The Balaban J connectivity index is 1.72. The molecule has 0 bridgehead atoms. The van der Waals surface area contributed by atoms with E-state index in [-0.39, 0.29) is 24.2 Å². The number of carbonyl (C=O) groups excluding carboxylic acids is 1. The zero-order valence-electron chi connectivity index (χ0n) is 15.9. The molecule has 1 aliphatic heterocycles. The van der Waals surface area contributed by atoms with E-state index in [1.165, 1.54) is 12.1 Å². The van der Waals surface area contributed by atoms with Gasteiger partial charge in [0.25, 0.3) is 11.6 Å². The molecule has 1 saturated heterocycles.